The van der Waals surface area contributed by atoms with Gasteiger partial charge in [-0.3, -0.25) is 4.79 Å². The number of hydrazone groups is 1. The Morgan fingerprint density at radius 3 is 2.56 bits per heavy atom. The van der Waals surface area contributed by atoms with Crippen molar-refractivity contribution in [1.82, 2.24) is 5.43 Å². The Kier molecular flexibility index (Phi) is 5.31. The third-order valence-electron chi connectivity index (χ3n) is 3.70. The van der Waals surface area contributed by atoms with Crippen LogP contribution in [0.15, 0.2) is 71.8 Å². The number of hydrogen-bond donors (Lipinski definition) is 1. The second kappa shape index (κ2) is 7.81. The average Bonchev–Trinajstić information content (AvgIpc) is 2.64. The van der Waals surface area contributed by atoms with Crippen molar-refractivity contribution in [3.63, 3.8) is 0 Å². The standard InChI is InChI=1S/C20H17ClN2O2/c1-14(18-8-4-5-9-19(18)21)22-23-20(24)13-25-17-11-10-15-6-2-3-7-16(15)12-17/h2-12H,13H2,1H3,(H,23,24)/b22-14+. The van der Waals surface area contributed by atoms with Crippen LogP contribution < -0.4 is 10.2 Å². The number of fused-ring (bicyclic) bond motifs is 1. The van der Waals surface area contributed by atoms with Gasteiger partial charge in [0.1, 0.15) is 5.75 Å². The van der Waals surface area contributed by atoms with Gasteiger partial charge in [-0.2, -0.15) is 5.10 Å². The van der Waals surface area contributed by atoms with Gasteiger partial charge in [0.05, 0.1) is 5.71 Å². The Bertz CT molecular complexity index is 938. The normalized spacial score (nSPS) is 11.4. The molecule has 0 spiro atoms. The minimum absolute atomic E-state index is 0.113. The summed E-state index contributed by atoms with van der Waals surface area (Å²) in [5.41, 5.74) is 3.89. The van der Waals surface area contributed by atoms with Gasteiger partial charge in [0, 0.05) is 10.6 Å². The summed E-state index contributed by atoms with van der Waals surface area (Å²) in [6, 6.07) is 21.0. The van der Waals surface area contributed by atoms with Crippen LogP contribution in [0.5, 0.6) is 5.75 Å². The number of hydrogen-bond acceptors (Lipinski definition) is 3. The summed E-state index contributed by atoms with van der Waals surface area (Å²) in [7, 11) is 0. The van der Waals surface area contributed by atoms with E-state index in [9.17, 15) is 4.79 Å². The highest BCUT2D eigenvalue weighted by Gasteiger charge is 2.05. The Morgan fingerprint density at radius 2 is 1.76 bits per heavy atom. The lowest BCUT2D eigenvalue weighted by Gasteiger charge is -2.07. The van der Waals surface area contributed by atoms with E-state index in [2.05, 4.69) is 10.5 Å². The fourth-order valence-electron chi connectivity index (χ4n) is 2.40. The smallest absolute Gasteiger partial charge is 0.277 e. The highest BCUT2D eigenvalue weighted by molar-refractivity contribution is 6.34. The zero-order valence-electron chi connectivity index (χ0n) is 13.7. The number of ether oxygens (including phenoxy) is 1. The molecule has 3 aromatic carbocycles. The van der Waals surface area contributed by atoms with Gasteiger partial charge in [-0.15, -0.1) is 0 Å². The van der Waals surface area contributed by atoms with Gasteiger partial charge in [-0.1, -0.05) is 60.1 Å². The first-order chi connectivity index (χ1) is 12.1. The molecule has 1 amide bonds. The largest absolute Gasteiger partial charge is 0.484 e. The molecule has 0 unspecified atom stereocenters. The molecule has 0 heterocycles. The van der Waals surface area contributed by atoms with Crippen LogP contribution in [0.4, 0.5) is 0 Å². The van der Waals surface area contributed by atoms with E-state index >= 15 is 0 Å². The minimum Gasteiger partial charge on any atom is -0.484 e. The lowest BCUT2D eigenvalue weighted by molar-refractivity contribution is -0.123. The van der Waals surface area contributed by atoms with Gasteiger partial charge in [-0.25, -0.2) is 5.43 Å². The molecular formula is C20H17ClN2O2. The topological polar surface area (TPSA) is 50.7 Å². The molecule has 0 saturated heterocycles. The first-order valence-corrected chi connectivity index (χ1v) is 8.21. The highest BCUT2D eigenvalue weighted by Crippen LogP contribution is 2.20. The van der Waals surface area contributed by atoms with Gasteiger partial charge in [0.25, 0.3) is 5.91 Å². The zero-order valence-corrected chi connectivity index (χ0v) is 14.5. The second-order valence-electron chi connectivity index (χ2n) is 5.51. The SMILES string of the molecule is C/C(=N\NC(=O)COc1ccc2ccccc2c1)c1ccccc1Cl. The van der Waals surface area contributed by atoms with Crippen LogP contribution in [0.1, 0.15) is 12.5 Å². The number of carbonyl (C=O) groups excluding carboxylic acids is 1. The molecule has 0 fully saturated rings. The second-order valence-corrected chi connectivity index (χ2v) is 5.92. The lowest BCUT2D eigenvalue weighted by atomic mass is 10.1. The van der Waals surface area contributed by atoms with Gasteiger partial charge < -0.3 is 4.74 Å². The van der Waals surface area contributed by atoms with Crippen molar-refractivity contribution >= 4 is 34.0 Å². The summed E-state index contributed by atoms with van der Waals surface area (Å²) < 4.78 is 5.53. The van der Waals surface area contributed by atoms with E-state index in [1.807, 2.05) is 60.7 Å². The van der Waals surface area contributed by atoms with E-state index in [0.717, 1.165) is 16.3 Å². The minimum atomic E-state index is -0.334. The van der Waals surface area contributed by atoms with Crippen LogP contribution in [0.2, 0.25) is 5.02 Å². The van der Waals surface area contributed by atoms with Crippen molar-refractivity contribution in [1.29, 1.82) is 0 Å². The molecule has 5 heteroatoms. The van der Waals surface area contributed by atoms with Crippen LogP contribution in [0.3, 0.4) is 0 Å². The maximum absolute atomic E-state index is 11.9. The monoisotopic (exact) mass is 352 g/mol. The van der Waals surface area contributed by atoms with E-state index in [1.54, 1.807) is 13.0 Å². The van der Waals surface area contributed by atoms with Crippen molar-refractivity contribution in [2.24, 2.45) is 5.10 Å². The molecule has 0 aliphatic carbocycles. The molecule has 0 aromatic heterocycles. The number of rotatable bonds is 5. The number of amides is 1. The van der Waals surface area contributed by atoms with Crippen molar-refractivity contribution in [3.8, 4) is 5.75 Å². The highest BCUT2D eigenvalue weighted by atomic mass is 35.5. The maximum Gasteiger partial charge on any atom is 0.277 e. The zero-order chi connectivity index (χ0) is 17.6. The number of nitrogens with one attached hydrogen (secondary N) is 1. The molecule has 0 atom stereocenters. The lowest BCUT2D eigenvalue weighted by Crippen LogP contribution is -2.25. The fraction of sp³-hybridized carbons (Fsp3) is 0.100. The van der Waals surface area contributed by atoms with Crippen LogP contribution in [-0.4, -0.2) is 18.2 Å². The number of carbonyl (C=O) groups is 1. The fourth-order valence-corrected chi connectivity index (χ4v) is 2.67. The van der Waals surface area contributed by atoms with Crippen LogP contribution in [-0.2, 0) is 4.79 Å². The molecule has 4 nitrogen and oxygen atoms in total. The summed E-state index contributed by atoms with van der Waals surface area (Å²) >= 11 is 6.11. The van der Waals surface area contributed by atoms with Crippen molar-refractivity contribution in [3.05, 3.63) is 77.3 Å². The Labute approximate surface area is 151 Å². The van der Waals surface area contributed by atoms with E-state index in [0.29, 0.717) is 16.5 Å². The van der Waals surface area contributed by atoms with E-state index in [4.69, 9.17) is 16.3 Å². The third kappa shape index (κ3) is 4.37. The predicted octanol–water partition coefficient (Wildman–Crippen LogP) is 4.41. The molecule has 3 rings (SSSR count). The average molecular weight is 353 g/mol. The number of nitrogens with zero attached hydrogens (tertiary/aromatic N) is 1. The van der Waals surface area contributed by atoms with Crippen LogP contribution in [0.25, 0.3) is 10.8 Å². The predicted molar refractivity (Wildman–Crippen MR) is 101 cm³/mol. The third-order valence-corrected chi connectivity index (χ3v) is 4.03. The van der Waals surface area contributed by atoms with Gasteiger partial charge >= 0.3 is 0 Å². The maximum atomic E-state index is 11.9. The summed E-state index contributed by atoms with van der Waals surface area (Å²) in [6.45, 7) is 1.67. The first kappa shape index (κ1) is 17.0. The van der Waals surface area contributed by atoms with Gasteiger partial charge in [0.15, 0.2) is 6.61 Å². The van der Waals surface area contributed by atoms with Crippen molar-refractivity contribution < 1.29 is 9.53 Å². The molecule has 0 aliphatic heterocycles. The van der Waals surface area contributed by atoms with Gasteiger partial charge in [-0.05, 0) is 35.9 Å². The first-order valence-electron chi connectivity index (χ1n) is 7.83. The summed E-state index contributed by atoms with van der Waals surface area (Å²) in [5.74, 6) is 0.306. The summed E-state index contributed by atoms with van der Waals surface area (Å²) in [5, 5.41) is 6.85. The Morgan fingerprint density at radius 1 is 1.04 bits per heavy atom. The van der Waals surface area contributed by atoms with Gasteiger partial charge in [0.2, 0.25) is 0 Å². The Balaban J connectivity index is 1.59. The molecule has 0 saturated carbocycles. The molecule has 0 aliphatic rings. The molecule has 1 N–H and O–H groups in total. The van der Waals surface area contributed by atoms with E-state index in [-0.39, 0.29) is 12.5 Å². The number of halogens is 1. The molecule has 3 aromatic rings. The molecular weight excluding hydrogens is 336 g/mol. The molecule has 0 bridgehead atoms. The molecule has 25 heavy (non-hydrogen) atoms. The number of benzene rings is 3. The van der Waals surface area contributed by atoms with Crippen LogP contribution >= 0.6 is 11.6 Å². The summed E-state index contributed by atoms with van der Waals surface area (Å²) in [6.07, 6.45) is 0. The summed E-state index contributed by atoms with van der Waals surface area (Å²) in [4.78, 5) is 11.9. The molecule has 126 valence electrons. The van der Waals surface area contributed by atoms with Crippen molar-refractivity contribution in [2.75, 3.05) is 6.61 Å². The Hall–Kier alpha value is -2.85. The van der Waals surface area contributed by atoms with Crippen molar-refractivity contribution in [2.45, 2.75) is 6.92 Å². The van der Waals surface area contributed by atoms with Crippen LogP contribution in [0, 0.1) is 0 Å². The quantitative estimate of drug-likeness (QED) is 0.546. The molecule has 0 radical (unpaired) electrons. The van der Waals surface area contributed by atoms with E-state index < -0.39 is 0 Å². The van der Waals surface area contributed by atoms with E-state index in [1.165, 1.54) is 0 Å².